The minimum absolute atomic E-state index is 0.122. The minimum atomic E-state index is -0.228. The highest BCUT2D eigenvalue weighted by molar-refractivity contribution is 5.86. The van der Waals surface area contributed by atoms with Crippen molar-refractivity contribution in [2.45, 2.75) is 32.6 Å². The van der Waals surface area contributed by atoms with Crippen LogP contribution in [0.25, 0.3) is 0 Å². The third-order valence-electron chi connectivity index (χ3n) is 2.49. The molecule has 1 aromatic rings. The molecule has 0 spiro atoms. The predicted octanol–water partition coefficient (Wildman–Crippen LogP) is 0.607. The molecule has 80 valence electrons. The highest BCUT2D eigenvalue weighted by Crippen LogP contribution is 2.16. The number of H-pyrrole nitrogens is 1. The van der Waals surface area contributed by atoms with E-state index in [9.17, 15) is 9.59 Å². The Morgan fingerprint density at radius 2 is 2.13 bits per heavy atom. The number of carbonyl (C=O) groups excluding carboxylic acids is 1. The lowest BCUT2D eigenvalue weighted by atomic mass is 9.97. The van der Waals surface area contributed by atoms with E-state index in [0.717, 1.165) is 36.9 Å². The summed E-state index contributed by atoms with van der Waals surface area (Å²) in [4.78, 5) is 29.2. The van der Waals surface area contributed by atoms with E-state index in [2.05, 4.69) is 15.3 Å². The molecule has 0 aliphatic heterocycles. The summed E-state index contributed by atoms with van der Waals surface area (Å²) in [6.45, 7) is 1.39. The number of hydrogen-bond donors (Lipinski definition) is 2. The van der Waals surface area contributed by atoms with Gasteiger partial charge in [0.25, 0.3) is 5.56 Å². The molecule has 1 heterocycles. The first-order valence-corrected chi connectivity index (χ1v) is 5.06. The van der Waals surface area contributed by atoms with E-state index < -0.39 is 0 Å². The monoisotopic (exact) mass is 207 g/mol. The average molecular weight is 207 g/mol. The Bertz CT molecular complexity index is 450. The van der Waals surface area contributed by atoms with E-state index in [1.54, 1.807) is 0 Å². The molecule has 2 N–H and O–H groups in total. The summed E-state index contributed by atoms with van der Waals surface area (Å²) in [6, 6.07) is 0. The zero-order valence-corrected chi connectivity index (χ0v) is 8.59. The number of fused-ring (bicyclic) bond motifs is 1. The molecule has 1 aromatic heterocycles. The number of rotatable bonds is 1. The molecule has 2 rings (SSSR count). The zero-order valence-electron chi connectivity index (χ0n) is 8.59. The van der Waals surface area contributed by atoms with Crippen LogP contribution in [0.5, 0.6) is 0 Å². The van der Waals surface area contributed by atoms with Crippen LogP contribution >= 0.6 is 0 Å². The lowest BCUT2D eigenvalue weighted by molar-refractivity contribution is -0.114. The van der Waals surface area contributed by atoms with Gasteiger partial charge < -0.3 is 0 Å². The van der Waals surface area contributed by atoms with Gasteiger partial charge in [-0.25, -0.2) is 4.98 Å². The Balaban J connectivity index is 2.40. The first kappa shape index (κ1) is 9.89. The first-order chi connectivity index (χ1) is 7.16. The van der Waals surface area contributed by atoms with Crippen LogP contribution < -0.4 is 10.9 Å². The van der Waals surface area contributed by atoms with Crippen LogP contribution in [0.2, 0.25) is 0 Å². The van der Waals surface area contributed by atoms with E-state index >= 15 is 0 Å². The lowest BCUT2D eigenvalue weighted by Gasteiger charge is -2.14. The van der Waals surface area contributed by atoms with Crippen LogP contribution in [0.3, 0.4) is 0 Å². The van der Waals surface area contributed by atoms with Gasteiger partial charge in [0.15, 0.2) is 0 Å². The van der Waals surface area contributed by atoms with Crippen LogP contribution in [-0.4, -0.2) is 15.9 Å². The lowest BCUT2D eigenvalue weighted by Crippen LogP contribution is -2.23. The summed E-state index contributed by atoms with van der Waals surface area (Å²) >= 11 is 0. The van der Waals surface area contributed by atoms with Crippen molar-refractivity contribution in [1.82, 2.24) is 9.97 Å². The summed E-state index contributed by atoms with van der Waals surface area (Å²) in [5.41, 5.74) is 1.48. The summed E-state index contributed by atoms with van der Waals surface area (Å²) in [6.07, 6.45) is 3.71. The molecule has 0 saturated carbocycles. The van der Waals surface area contributed by atoms with E-state index in [1.807, 2.05) is 0 Å². The normalized spacial score (nSPS) is 14.5. The number of aryl methyl sites for hydroxylation is 1. The summed E-state index contributed by atoms with van der Waals surface area (Å²) in [7, 11) is 0. The third-order valence-corrected chi connectivity index (χ3v) is 2.49. The van der Waals surface area contributed by atoms with Crippen LogP contribution in [0.15, 0.2) is 4.79 Å². The molecular formula is C10H13N3O2. The highest BCUT2D eigenvalue weighted by Gasteiger charge is 2.15. The van der Waals surface area contributed by atoms with E-state index in [1.165, 1.54) is 6.92 Å². The van der Waals surface area contributed by atoms with Crippen molar-refractivity contribution in [2.24, 2.45) is 0 Å². The van der Waals surface area contributed by atoms with Crippen LogP contribution in [0.1, 0.15) is 31.0 Å². The molecule has 0 unspecified atom stereocenters. The topological polar surface area (TPSA) is 74.8 Å². The second-order valence-corrected chi connectivity index (χ2v) is 3.73. The number of carbonyl (C=O) groups is 1. The fraction of sp³-hybridized carbons (Fsp3) is 0.500. The molecule has 0 fully saturated rings. The van der Waals surface area contributed by atoms with Gasteiger partial charge in [-0.1, -0.05) is 0 Å². The number of aromatic amines is 1. The van der Waals surface area contributed by atoms with E-state index in [4.69, 9.17) is 0 Å². The molecule has 1 aliphatic rings. The SMILES string of the molecule is CC(=O)Nc1nc2c(c(=O)[nH]1)CCCC2. The fourth-order valence-electron chi connectivity index (χ4n) is 1.83. The number of hydrogen-bond acceptors (Lipinski definition) is 3. The maximum atomic E-state index is 11.6. The Labute approximate surface area is 86.9 Å². The van der Waals surface area contributed by atoms with Crippen molar-refractivity contribution in [3.05, 3.63) is 21.6 Å². The Morgan fingerprint density at radius 1 is 1.40 bits per heavy atom. The maximum Gasteiger partial charge on any atom is 0.255 e. The standard InChI is InChI=1S/C10H13N3O2/c1-6(14)11-10-12-8-5-3-2-4-7(8)9(15)13-10/h2-5H2,1H3,(H2,11,12,13,14,15). The minimum Gasteiger partial charge on any atom is -0.296 e. The van der Waals surface area contributed by atoms with Gasteiger partial charge in [-0.05, 0) is 25.7 Å². The maximum absolute atomic E-state index is 11.6. The molecule has 1 aliphatic carbocycles. The Hall–Kier alpha value is -1.65. The molecule has 1 amide bonds. The average Bonchev–Trinajstić information content (AvgIpc) is 2.16. The molecule has 0 aromatic carbocycles. The van der Waals surface area contributed by atoms with Gasteiger partial charge in [-0.3, -0.25) is 19.9 Å². The van der Waals surface area contributed by atoms with Gasteiger partial charge in [0.2, 0.25) is 11.9 Å². The molecule has 0 radical (unpaired) electrons. The Morgan fingerprint density at radius 3 is 2.87 bits per heavy atom. The molecule has 15 heavy (non-hydrogen) atoms. The van der Waals surface area contributed by atoms with Gasteiger partial charge in [0.05, 0.1) is 5.69 Å². The third kappa shape index (κ3) is 2.06. The largest absolute Gasteiger partial charge is 0.296 e. The zero-order chi connectivity index (χ0) is 10.8. The Kier molecular flexibility index (Phi) is 2.53. The van der Waals surface area contributed by atoms with Crippen molar-refractivity contribution in [1.29, 1.82) is 0 Å². The number of amides is 1. The van der Waals surface area contributed by atoms with Crippen molar-refractivity contribution in [3.8, 4) is 0 Å². The molecule has 5 heteroatoms. The summed E-state index contributed by atoms with van der Waals surface area (Å²) < 4.78 is 0. The van der Waals surface area contributed by atoms with Crippen molar-refractivity contribution >= 4 is 11.9 Å². The van der Waals surface area contributed by atoms with Crippen LogP contribution in [-0.2, 0) is 17.6 Å². The summed E-state index contributed by atoms with van der Waals surface area (Å²) in [5, 5.41) is 2.49. The molecule has 0 bridgehead atoms. The van der Waals surface area contributed by atoms with Crippen molar-refractivity contribution < 1.29 is 4.79 Å². The highest BCUT2D eigenvalue weighted by atomic mass is 16.1. The smallest absolute Gasteiger partial charge is 0.255 e. The fourth-order valence-corrected chi connectivity index (χ4v) is 1.83. The van der Waals surface area contributed by atoms with Gasteiger partial charge in [0, 0.05) is 12.5 Å². The van der Waals surface area contributed by atoms with Crippen molar-refractivity contribution in [2.75, 3.05) is 5.32 Å². The second kappa shape index (κ2) is 3.84. The second-order valence-electron chi connectivity index (χ2n) is 3.73. The summed E-state index contributed by atoms with van der Waals surface area (Å²) in [5.74, 6) is 0.0297. The van der Waals surface area contributed by atoms with Gasteiger partial charge in [-0.2, -0.15) is 0 Å². The van der Waals surface area contributed by atoms with Crippen LogP contribution in [0.4, 0.5) is 5.95 Å². The van der Waals surface area contributed by atoms with E-state index in [0.29, 0.717) is 0 Å². The van der Waals surface area contributed by atoms with Crippen LogP contribution in [0, 0.1) is 0 Å². The van der Waals surface area contributed by atoms with Gasteiger partial charge in [0.1, 0.15) is 0 Å². The number of nitrogens with zero attached hydrogens (tertiary/aromatic N) is 1. The molecule has 0 saturated heterocycles. The van der Waals surface area contributed by atoms with Gasteiger partial charge in [-0.15, -0.1) is 0 Å². The number of anilines is 1. The number of aromatic nitrogens is 2. The predicted molar refractivity (Wildman–Crippen MR) is 55.8 cm³/mol. The molecule has 0 atom stereocenters. The number of nitrogens with one attached hydrogen (secondary N) is 2. The van der Waals surface area contributed by atoms with Gasteiger partial charge >= 0.3 is 0 Å². The van der Waals surface area contributed by atoms with Crippen molar-refractivity contribution in [3.63, 3.8) is 0 Å². The first-order valence-electron chi connectivity index (χ1n) is 5.06. The molecular weight excluding hydrogens is 194 g/mol. The van der Waals surface area contributed by atoms with E-state index in [-0.39, 0.29) is 17.4 Å². The molecule has 5 nitrogen and oxygen atoms in total. The quantitative estimate of drug-likeness (QED) is 0.708.